The molecule has 0 saturated carbocycles. The van der Waals surface area contributed by atoms with Crippen molar-refractivity contribution >= 4 is 23.2 Å². The molecule has 1 atom stereocenters. The van der Waals surface area contributed by atoms with Gasteiger partial charge in [0.25, 0.3) is 0 Å². The highest BCUT2D eigenvalue weighted by molar-refractivity contribution is 6.02. The molecule has 0 aliphatic carbocycles. The number of para-hydroxylation sites is 2. The fourth-order valence-corrected chi connectivity index (χ4v) is 3.10. The molecule has 2 aromatic carbocycles. The first kappa shape index (κ1) is 16.2. The summed E-state index contributed by atoms with van der Waals surface area (Å²) in [6.45, 7) is 2.76. The maximum Gasteiger partial charge on any atom is 0.227 e. The quantitative estimate of drug-likeness (QED) is 0.906. The van der Waals surface area contributed by atoms with Crippen molar-refractivity contribution < 1.29 is 9.59 Å². The normalized spacial score (nSPS) is 15.4. The zero-order valence-electron chi connectivity index (χ0n) is 13.9. The summed E-state index contributed by atoms with van der Waals surface area (Å²) in [6.07, 6.45) is 1.85. The predicted octanol–water partition coefficient (Wildman–Crippen LogP) is 3.95. The first-order valence-electron chi connectivity index (χ1n) is 8.39. The van der Waals surface area contributed by atoms with Gasteiger partial charge in [0.05, 0.1) is 11.4 Å². The third-order valence-electron chi connectivity index (χ3n) is 4.40. The number of anilines is 2. The molecule has 4 heteroatoms. The van der Waals surface area contributed by atoms with Crippen LogP contribution in [0.1, 0.15) is 37.7 Å². The molecule has 124 valence electrons. The van der Waals surface area contributed by atoms with E-state index >= 15 is 0 Å². The summed E-state index contributed by atoms with van der Waals surface area (Å²) in [5.74, 6) is 0.228. The Kier molecular flexibility index (Phi) is 4.94. The van der Waals surface area contributed by atoms with Gasteiger partial charge in [0, 0.05) is 19.4 Å². The fraction of sp³-hybridized carbons (Fsp3) is 0.300. The second-order valence-corrected chi connectivity index (χ2v) is 6.23. The van der Waals surface area contributed by atoms with Gasteiger partial charge in [-0.25, -0.2) is 0 Å². The molecule has 0 aromatic heterocycles. The van der Waals surface area contributed by atoms with E-state index in [0.29, 0.717) is 25.1 Å². The molecular formula is C20H22N2O2. The summed E-state index contributed by atoms with van der Waals surface area (Å²) < 4.78 is 0. The monoisotopic (exact) mass is 322 g/mol. The summed E-state index contributed by atoms with van der Waals surface area (Å²) in [4.78, 5) is 26.2. The molecule has 0 bridgehead atoms. The zero-order valence-corrected chi connectivity index (χ0v) is 13.9. The van der Waals surface area contributed by atoms with Gasteiger partial charge in [-0.3, -0.25) is 9.59 Å². The number of benzene rings is 2. The molecule has 24 heavy (non-hydrogen) atoms. The molecule has 0 radical (unpaired) electrons. The van der Waals surface area contributed by atoms with Gasteiger partial charge in [-0.1, -0.05) is 49.4 Å². The number of carbonyl (C=O) groups excluding carboxylic acids is 2. The smallest absolute Gasteiger partial charge is 0.227 e. The second-order valence-electron chi connectivity index (χ2n) is 6.23. The largest absolute Gasteiger partial charge is 0.324 e. The second kappa shape index (κ2) is 7.30. The molecule has 1 unspecified atom stereocenters. The summed E-state index contributed by atoms with van der Waals surface area (Å²) >= 11 is 0. The van der Waals surface area contributed by atoms with E-state index in [2.05, 4.69) is 5.32 Å². The van der Waals surface area contributed by atoms with E-state index in [1.807, 2.05) is 61.5 Å². The molecule has 1 N–H and O–H groups in total. The number of hydrogen-bond acceptors (Lipinski definition) is 2. The molecule has 4 nitrogen and oxygen atoms in total. The average Bonchev–Trinajstić information content (AvgIpc) is 3.02. The Morgan fingerprint density at radius 2 is 1.83 bits per heavy atom. The predicted molar refractivity (Wildman–Crippen MR) is 96.1 cm³/mol. The molecule has 0 spiro atoms. The molecule has 2 aromatic rings. The summed E-state index contributed by atoms with van der Waals surface area (Å²) in [7, 11) is 0. The van der Waals surface area contributed by atoms with Crippen LogP contribution in [-0.4, -0.2) is 18.4 Å². The number of carbonyl (C=O) groups is 2. The number of nitrogens with one attached hydrogen (secondary N) is 1. The third kappa shape index (κ3) is 3.65. The lowest BCUT2D eigenvalue weighted by Crippen LogP contribution is -2.25. The third-order valence-corrected chi connectivity index (χ3v) is 4.40. The van der Waals surface area contributed by atoms with Crippen LogP contribution in [0.5, 0.6) is 0 Å². The Hall–Kier alpha value is -2.62. The van der Waals surface area contributed by atoms with Crippen molar-refractivity contribution in [3.05, 3.63) is 60.2 Å². The molecule has 1 saturated heterocycles. The van der Waals surface area contributed by atoms with Crippen molar-refractivity contribution in [2.45, 2.75) is 32.1 Å². The van der Waals surface area contributed by atoms with Gasteiger partial charge < -0.3 is 10.2 Å². The standard InChI is InChI=1S/C20H22N2O2/c1-15(16-8-3-2-4-9-16)14-19(23)21-17-10-5-6-11-18(17)22-13-7-12-20(22)24/h2-6,8-11,15H,7,12-14H2,1H3,(H,21,23). The number of hydrogen-bond donors (Lipinski definition) is 1. The summed E-state index contributed by atoms with van der Waals surface area (Å²) in [5, 5.41) is 2.98. The lowest BCUT2D eigenvalue weighted by atomic mass is 9.97. The topological polar surface area (TPSA) is 49.4 Å². The molecule has 1 fully saturated rings. The highest BCUT2D eigenvalue weighted by atomic mass is 16.2. The Morgan fingerprint density at radius 3 is 2.54 bits per heavy atom. The SMILES string of the molecule is CC(CC(=O)Nc1ccccc1N1CCCC1=O)c1ccccc1. The minimum Gasteiger partial charge on any atom is -0.324 e. The van der Waals surface area contributed by atoms with E-state index in [1.165, 1.54) is 0 Å². The lowest BCUT2D eigenvalue weighted by Gasteiger charge is -2.20. The van der Waals surface area contributed by atoms with E-state index in [-0.39, 0.29) is 17.7 Å². The van der Waals surface area contributed by atoms with Gasteiger partial charge in [-0.05, 0) is 30.0 Å². The molecule has 3 rings (SSSR count). The van der Waals surface area contributed by atoms with Gasteiger partial charge in [0.2, 0.25) is 11.8 Å². The Labute approximate surface area is 142 Å². The average molecular weight is 322 g/mol. The van der Waals surface area contributed by atoms with Crippen LogP contribution in [0.25, 0.3) is 0 Å². The lowest BCUT2D eigenvalue weighted by molar-refractivity contribution is -0.117. The minimum atomic E-state index is -0.0366. The van der Waals surface area contributed by atoms with E-state index in [1.54, 1.807) is 4.90 Å². The van der Waals surface area contributed by atoms with Crippen LogP contribution >= 0.6 is 0 Å². The van der Waals surface area contributed by atoms with E-state index in [9.17, 15) is 9.59 Å². The van der Waals surface area contributed by atoms with Crippen LogP contribution < -0.4 is 10.2 Å². The van der Waals surface area contributed by atoms with E-state index < -0.39 is 0 Å². The maximum atomic E-state index is 12.4. The van der Waals surface area contributed by atoms with Gasteiger partial charge in [0.15, 0.2) is 0 Å². The number of nitrogens with zero attached hydrogens (tertiary/aromatic N) is 1. The van der Waals surface area contributed by atoms with Crippen LogP contribution in [0, 0.1) is 0 Å². The van der Waals surface area contributed by atoms with Crippen LogP contribution in [0.15, 0.2) is 54.6 Å². The Morgan fingerprint density at radius 1 is 1.12 bits per heavy atom. The summed E-state index contributed by atoms with van der Waals surface area (Å²) in [6, 6.07) is 17.5. The fourth-order valence-electron chi connectivity index (χ4n) is 3.10. The first-order valence-corrected chi connectivity index (χ1v) is 8.39. The summed E-state index contributed by atoms with van der Waals surface area (Å²) in [5.41, 5.74) is 2.65. The maximum absolute atomic E-state index is 12.4. The van der Waals surface area contributed by atoms with E-state index in [0.717, 1.165) is 17.7 Å². The number of rotatable bonds is 5. The molecule has 1 aliphatic rings. The zero-order chi connectivity index (χ0) is 16.9. The Balaban J connectivity index is 1.70. The van der Waals surface area contributed by atoms with E-state index in [4.69, 9.17) is 0 Å². The van der Waals surface area contributed by atoms with Crippen LogP contribution in [0.2, 0.25) is 0 Å². The highest BCUT2D eigenvalue weighted by Gasteiger charge is 2.24. The van der Waals surface area contributed by atoms with Crippen LogP contribution in [0.4, 0.5) is 11.4 Å². The van der Waals surface area contributed by atoms with Crippen LogP contribution in [-0.2, 0) is 9.59 Å². The highest BCUT2D eigenvalue weighted by Crippen LogP contribution is 2.30. The van der Waals surface area contributed by atoms with Crippen molar-refractivity contribution in [2.24, 2.45) is 0 Å². The molecular weight excluding hydrogens is 300 g/mol. The first-order chi connectivity index (χ1) is 11.6. The van der Waals surface area contributed by atoms with Gasteiger partial charge in [0.1, 0.15) is 0 Å². The van der Waals surface area contributed by atoms with Gasteiger partial charge in [-0.15, -0.1) is 0 Å². The molecule has 1 heterocycles. The van der Waals surface area contributed by atoms with Crippen molar-refractivity contribution in [1.82, 2.24) is 0 Å². The van der Waals surface area contributed by atoms with Crippen molar-refractivity contribution in [1.29, 1.82) is 0 Å². The van der Waals surface area contributed by atoms with Gasteiger partial charge in [-0.2, -0.15) is 0 Å². The minimum absolute atomic E-state index is 0.0366. The van der Waals surface area contributed by atoms with Gasteiger partial charge >= 0.3 is 0 Å². The van der Waals surface area contributed by atoms with Crippen molar-refractivity contribution in [2.75, 3.05) is 16.8 Å². The van der Waals surface area contributed by atoms with Crippen molar-refractivity contribution in [3.8, 4) is 0 Å². The van der Waals surface area contributed by atoms with Crippen molar-refractivity contribution in [3.63, 3.8) is 0 Å². The Bertz CT molecular complexity index is 727. The number of amides is 2. The van der Waals surface area contributed by atoms with Crippen LogP contribution in [0.3, 0.4) is 0 Å². The molecule has 2 amide bonds. The molecule has 1 aliphatic heterocycles.